The summed E-state index contributed by atoms with van der Waals surface area (Å²) in [7, 11) is 0. The fourth-order valence-corrected chi connectivity index (χ4v) is 3.03. The first-order valence-corrected chi connectivity index (χ1v) is 9.89. The minimum atomic E-state index is -0.405. The summed E-state index contributed by atoms with van der Waals surface area (Å²) in [4.78, 5) is 16.9. The molecule has 0 saturated carbocycles. The van der Waals surface area contributed by atoms with Gasteiger partial charge in [-0.2, -0.15) is 0 Å². The fourth-order valence-electron chi connectivity index (χ4n) is 3.03. The third-order valence-corrected chi connectivity index (χ3v) is 4.42. The molecule has 29 heavy (non-hydrogen) atoms. The molecule has 0 atom stereocenters. The minimum absolute atomic E-state index is 0.150. The van der Waals surface area contributed by atoms with E-state index in [1.807, 2.05) is 35.8 Å². The van der Waals surface area contributed by atoms with Gasteiger partial charge >= 0.3 is 0 Å². The molecule has 1 N–H and O–H groups in total. The van der Waals surface area contributed by atoms with Crippen molar-refractivity contribution in [2.75, 3.05) is 25.1 Å². The summed E-state index contributed by atoms with van der Waals surface area (Å²) in [5, 5.41) is 2.89. The lowest BCUT2D eigenvalue weighted by molar-refractivity contribution is -0.116. The Morgan fingerprint density at radius 3 is 2.72 bits per heavy atom. The molecule has 0 aliphatic carbocycles. The Bertz CT molecular complexity index is 942. The highest BCUT2D eigenvalue weighted by atomic mass is 19.1. The Balaban J connectivity index is 1.55. The van der Waals surface area contributed by atoms with Crippen LogP contribution in [0.4, 0.5) is 10.3 Å². The highest BCUT2D eigenvalue weighted by Crippen LogP contribution is 2.20. The number of hydrogen-bond acceptors (Lipinski definition) is 4. The Kier molecular flexibility index (Phi) is 7.58. The zero-order valence-corrected chi connectivity index (χ0v) is 16.6. The van der Waals surface area contributed by atoms with Crippen LogP contribution in [0, 0.1) is 5.82 Å². The molecule has 154 valence electrons. The number of aryl methyl sites for hydroxylation is 1. The van der Waals surface area contributed by atoms with E-state index in [4.69, 9.17) is 9.47 Å². The molecule has 1 heterocycles. The summed E-state index contributed by atoms with van der Waals surface area (Å²) in [5.41, 5.74) is 1.81. The number of benzene rings is 2. The second-order valence-electron chi connectivity index (χ2n) is 6.56. The zero-order chi connectivity index (χ0) is 20.5. The van der Waals surface area contributed by atoms with Crippen molar-refractivity contribution < 1.29 is 18.7 Å². The number of imidazole rings is 1. The highest BCUT2D eigenvalue weighted by molar-refractivity contribution is 5.91. The number of anilines is 1. The lowest BCUT2D eigenvalue weighted by Gasteiger charge is -2.11. The molecule has 7 heteroatoms. The van der Waals surface area contributed by atoms with Crippen LogP contribution in [0.15, 0.2) is 48.5 Å². The van der Waals surface area contributed by atoms with Gasteiger partial charge in [0, 0.05) is 26.2 Å². The third kappa shape index (κ3) is 5.77. The molecule has 0 spiro atoms. The molecule has 3 aromatic rings. The molecule has 1 amide bonds. The number of halogens is 1. The van der Waals surface area contributed by atoms with Crippen LogP contribution in [0.1, 0.15) is 26.2 Å². The van der Waals surface area contributed by atoms with Crippen molar-refractivity contribution in [1.82, 2.24) is 9.55 Å². The summed E-state index contributed by atoms with van der Waals surface area (Å²) >= 11 is 0. The molecular formula is C22H26FN3O3. The monoisotopic (exact) mass is 399 g/mol. The summed E-state index contributed by atoms with van der Waals surface area (Å²) in [5.74, 6) is 0.174. The molecular weight excluding hydrogens is 373 g/mol. The predicted octanol–water partition coefficient (Wildman–Crippen LogP) is 4.40. The average molecular weight is 399 g/mol. The van der Waals surface area contributed by atoms with Gasteiger partial charge in [0.2, 0.25) is 11.9 Å². The van der Waals surface area contributed by atoms with Gasteiger partial charge in [0.1, 0.15) is 0 Å². The van der Waals surface area contributed by atoms with E-state index in [0.29, 0.717) is 32.1 Å². The first-order valence-electron chi connectivity index (χ1n) is 9.89. The van der Waals surface area contributed by atoms with E-state index >= 15 is 0 Å². The number of ether oxygens (including phenoxy) is 2. The van der Waals surface area contributed by atoms with E-state index in [1.54, 1.807) is 18.2 Å². The van der Waals surface area contributed by atoms with E-state index in [9.17, 15) is 9.18 Å². The van der Waals surface area contributed by atoms with E-state index in [1.165, 1.54) is 6.07 Å². The molecule has 1 aromatic heterocycles. The standard InChI is InChI=1S/C22H26FN3O3/c1-2-28-15-8-14-26-19-11-5-4-10-18(19)24-22(26)25-21(27)13-7-16-29-20-12-6-3-9-17(20)23/h3-6,9-12H,2,7-8,13-16H2,1H3,(H,24,25,27). The molecule has 0 bridgehead atoms. The number of aromatic nitrogens is 2. The zero-order valence-electron chi connectivity index (χ0n) is 16.6. The molecule has 0 unspecified atom stereocenters. The van der Waals surface area contributed by atoms with Gasteiger partial charge in [-0.05, 0) is 44.0 Å². The first kappa shape index (κ1) is 20.8. The predicted molar refractivity (Wildman–Crippen MR) is 111 cm³/mol. The Morgan fingerprint density at radius 2 is 1.90 bits per heavy atom. The maximum atomic E-state index is 13.5. The number of nitrogens with one attached hydrogen (secondary N) is 1. The van der Waals surface area contributed by atoms with Gasteiger partial charge in [0.05, 0.1) is 17.6 Å². The fraction of sp³-hybridized carbons (Fsp3) is 0.364. The molecule has 6 nitrogen and oxygen atoms in total. The van der Waals surface area contributed by atoms with Crippen LogP contribution in [0.2, 0.25) is 0 Å². The topological polar surface area (TPSA) is 65.4 Å². The minimum Gasteiger partial charge on any atom is -0.491 e. The lowest BCUT2D eigenvalue weighted by atomic mass is 10.3. The number of para-hydroxylation sites is 3. The number of amides is 1. The Hall–Kier alpha value is -2.93. The number of rotatable bonds is 11. The Morgan fingerprint density at radius 1 is 1.10 bits per heavy atom. The van der Waals surface area contributed by atoms with Crippen LogP contribution in [0.3, 0.4) is 0 Å². The smallest absolute Gasteiger partial charge is 0.226 e. The summed E-state index contributed by atoms with van der Waals surface area (Å²) in [6, 6.07) is 14.0. The maximum Gasteiger partial charge on any atom is 0.226 e. The van der Waals surface area contributed by atoms with Gasteiger partial charge in [-0.1, -0.05) is 24.3 Å². The van der Waals surface area contributed by atoms with E-state index in [2.05, 4.69) is 10.3 Å². The second kappa shape index (κ2) is 10.6. The van der Waals surface area contributed by atoms with Gasteiger partial charge < -0.3 is 14.0 Å². The van der Waals surface area contributed by atoms with Crippen molar-refractivity contribution in [2.45, 2.75) is 32.7 Å². The number of carbonyl (C=O) groups is 1. The maximum absolute atomic E-state index is 13.5. The first-order chi connectivity index (χ1) is 14.2. The van der Waals surface area contributed by atoms with Crippen molar-refractivity contribution >= 4 is 22.9 Å². The van der Waals surface area contributed by atoms with Gasteiger partial charge in [-0.15, -0.1) is 0 Å². The molecule has 0 aliphatic rings. The third-order valence-electron chi connectivity index (χ3n) is 4.42. The number of hydrogen-bond donors (Lipinski definition) is 1. The van der Waals surface area contributed by atoms with E-state index in [-0.39, 0.29) is 24.7 Å². The normalized spacial score (nSPS) is 11.0. The number of nitrogens with zero attached hydrogens (tertiary/aromatic N) is 2. The highest BCUT2D eigenvalue weighted by Gasteiger charge is 2.13. The summed E-state index contributed by atoms with van der Waals surface area (Å²) in [6.07, 6.45) is 1.56. The van der Waals surface area contributed by atoms with Gasteiger partial charge in [-0.25, -0.2) is 9.37 Å². The van der Waals surface area contributed by atoms with Gasteiger partial charge in [0.25, 0.3) is 0 Å². The molecule has 0 aliphatic heterocycles. The average Bonchev–Trinajstić information content (AvgIpc) is 3.07. The van der Waals surface area contributed by atoms with Crippen molar-refractivity contribution in [2.24, 2.45) is 0 Å². The van der Waals surface area contributed by atoms with E-state index in [0.717, 1.165) is 17.5 Å². The van der Waals surface area contributed by atoms with E-state index < -0.39 is 5.82 Å². The molecule has 0 fully saturated rings. The van der Waals surface area contributed by atoms with Crippen molar-refractivity contribution in [3.63, 3.8) is 0 Å². The Labute approximate surface area is 169 Å². The van der Waals surface area contributed by atoms with Crippen LogP contribution in [-0.2, 0) is 16.1 Å². The number of fused-ring (bicyclic) bond motifs is 1. The molecule has 0 radical (unpaired) electrons. The second-order valence-corrected chi connectivity index (χ2v) is 6.56. The van der Waals surface area contributed by atoms with Gasteiger partial charge in [-0.3, -0.25) is 10.1 Å². The van der Waals surface area contributed by atoms with Crippen LogP contribution in [-0.4, -0.2) is 35.3 Å². The molecule has 3 rings (SSSR count). The lowest BCUT2D eigenvalue weighted by Crippen LogP contribution is -2.17. The van der Waals surface area contributed by atoms with Gasteiger partial charge in [0.15, 0.2) is 11.6 Å². The number of carbonyl (C=O) groups excluding carboxylic acids is 1. The summed E-state index contributed by atoms with van der Waals surface area (Å²) < 4.78 is 26.3. The van der Waals surface area contributed by atoms with Crippen molar-refractivity contribution in [1.29, 1.82) is 0 Å². The SMILES string of the molecule is CCOCCCn1c(NC(=O)CCCOc2ccccc2F)nc2ccccc21. The van der Waals surface area contributed by atoms with Crippen LogP contribution in [0.5, 0.6) is 5.75 Å². The quantitative estimate of drug-likeness (QED) is 0.486. The summed E-state index contributed by atoms with van der Waals surface area (Å²) in [6.45, 7) is 4.27. The molecule has 0 saturated heterocycles. The van der Waals surface area contributed by atoms with Crippen LogP contribution in [0.25, 0.3) is 11.0 Å². The van der Waals surface area contributed by atoms with Crippen LogP contribution < -0.4 is 10.1 Å². The largest absolute Gasteiger partial charge is 0.491 e. The van der Waals surface area contributed by atoms with Crippen LogP contribution >= 0.6 is 0 Å². The van der Waals surface area contributed by atoms with Crippen molar-refractivity contribution in [3.05, 3.63) is 54.3 Å². The molecule has 2 aromatic carbocycles. The van der Waals surface area contributed by atoms with Crippen molar-refractivity contribution in [3.8, 4) is 5.75 Å².